The lowest BCUT2D eigenvalue weighted by Crippen LogP contribution is -2.22. The maximum Gasteiger partial charge on any atom is 0.255 e. The van der Waals surface area contributed by atoms with Crippen LogP contribution in [0.1, 0.15) is 28.9 Å². The average Bonchev–Trinajstić information content (AvgIpc) is 2.54. The maximum absolute atomic E-state index is 12.8. The van der Waals surface area contributed by atoms with Crippen LogP contribution in [-0.2, 0) is 0 Å². The maximum atomic E-state index is 12.8. The molecule has 1 atom stereocenters. The number of halogens is 1. The van der Waals surface area contributed by atoms with Gasteiger partial charge in [-0.2, -0.15) is 0 Å². The number of anilines is 1. The number of aliphatic hydroxyl groups is 1. The lowest BCUT2D eigenvalue weighted by molar-refractivity contribution is 0.102. The van der Waals surface area contributed by atoms with E-state index in [1.807, 2.05) is 31.2 Å². The first kappa shape index (κ1) is 16.1. The highest BCUT2D eigenvalue weighted by molar-refractivity contribution is 6.04. The Balaban J connectivity index is 1.98. The van der Waals surface area contributed by atoms with Gasteiger partial charge in [0.15, 0.2) is 0 Å². The van der Waals surface area contributed by atoms with Gasteiger partial charge in [0.05, 0.1) is 6.61 Å². The monoisotopic (exact) mass is 302 g/mol. The molecule has 0 bridgehead atoms. The summed E-state index contributed by atoms with van der Waals surface area (Å²) in [5, 5.41) is 14.7. The van der Waals surface area contributed by atoms with Gasteiger partial charge in [-0.25, -0.2) is 4.39 Å². The van der Waals surface area contributed by atoms with Crippen LogP contribution >= 0.6 is 0 Å². The number of carbonyl (C=O) groups excluding carboxylic acids is 1. The van der Waals surface area contributed by atoms with E-state index in [2.05, 4.69) is 10.6 Å². The SMILES string of the molecule is CC(NCCO)c1ccc(NC(=O)c2ccc(F)cc2)cc1. The van der Waals surface area contributed by atoms with Crippen LogP contribution in [0.25, 0.3) is 0 Å². The van der Waals surface area contributed by atoms with E-state index >= 15 is 0 Å². The van der Waals surface area contributed by atoms with Gasteiger partial charge in [-0.15, -0.1) is 0 Å². The molecule has 0 radical (unpaired) electrons. The Bertz CT molecular complexity index is 612. The highest BCUT2D eigenvalue weighted by Crippen LogP contribution is 2.16. The Morgan fingerprint density at radius 3 is 2.36 bits per heavy atom. The quantitative estimate of drug-likeness (QED) is 0.769. The first-order valence-corrected chi connectivity index (χ1v) is 7.11. The molecule has 1 amide bonds. The molecule has 0 spiro atoms. The summed E-state index contributed by atoms with van der Waals surface area (Å²) in [5.41, 5.74) is 2.14. The minimum atomic E-state index is -0.370. The number of nitrogens with one attached hydrogen (secondary N) is 2. The summed E-state index contributed by atoms with van der Waals surface area (Å²) < 4.78 is 12.8. The summed E-state index contributed by atoms with van der Waals surface area (Å²) in [6, 6.07) is 13.0. The van der Waals surface area contributed by atoms with Crippen LogP contribution in [-0.4, -0.2) is 24.2 Å². The van der Waals surface area contributed by atoms with E-state index in [1.54, 1.807) is 0 Å². The van der Waals surface area contributed by atoms with Crippen molar-refractivity contribution in [3.8, 4) is 0 Å². The molecular weight excluding hydrogens is 283 g/mol. The van der Waals surface area contributed by atoms with Gasteiger partial charge >= 0.3 is 0 Å². The summed E-state index contributed by atoms with van der Waals surface area (Å²) in [6.07, 6.45) is 0. The zero-order valence-corrected chi connectivity index (χ0v) is 12.3. The molecule has 22 heavy (non-hydrogen) atoms. The second kappa shape index (κ2) is 7.68. The van der Waals surface area contributed by atoms with Crippen LogP contribution in [0.2, 0.25) is 0 Å². The van der Waals surface area contributed by atoms with Gasteiger partial charge < -0.3 is 15.7 Å². The fourth-order valence-corrected chi connectivity index (χ4v) is 2.06. The first-order chi connectivity index (χ1) is 10.6. The number of benzene rings is 2. The van der Waals surface area contributed by atoms with E-state index < -0.39 is 0 Å². The average molecular weight is 302 g/mol. The molecule has 116 valence electrons. The standard InChI is InChI=1S/C17H19FN2O2/c1-12(19-10-11-21)13-4-8-16(9-5-13)20-17(22)14-2-6-15(18)7-3-14/h2-9,12,19,21H,10-11H2,1H3,(H,20,22). The third-order valence-electron chi connectivity index (χ3n) is 3.34. The molecule has 4 nitrogen and oxygen atoms in total. The molecule has 5 heteroatoms. The van der Waals surface area contributed by atoms with E-state index in [4.69, 9.17) is 5.11 Å². The molecule has 1 unspecified atom stereocenters. The smallest absolute Gasteiger partial charge is 0.255 e. The van der Waals surface area contributed by atoms with Gasteiger partial charge in [0.1, 0.15) is 5.82 Å². The molecule has 0 heterocycles. The summed E-state index contributed by atoms with van der Waals surface area (Å²) in [6.45, 7) is 2.63. The highest BCUT2D eigenvalue weighted by Gasteiger charge is 2.07. The van der Waals surface area contributed by atoms with E-state index in [0.29, 0.717) is 17.8 Å². The minimum Gasteiger partial charge on any atom is -0.395 e. The topological polar surface area (TPSA) is 61.4 Å². The fraction of sp³-hybridized carbons (Fsp3) is 0.235. The molecule has 0 saturated heterocycles. The van der Waals surface area contributed by atoms with E-state index in [0.717, 1.165) is 5.56 Å². The fourth-order valence-electron chi connectivity index (χ4n) is 2.06. The zero-order chi connectivity index (χ0) is 15.9. The number of rotatable bonds is 6. The normalized spacial score (nSPS) is 12.0. The van der Waals surface area contributed by atoms with Crippen molar-refractivity contribution in [3.63, 3.8) is 0 Å². The van der Waals surface area contributed by atoms with Gasteiger partial charge in [0, 0.05) is 23.8 Å². The van der Waals surface area contributed by atoms with Crippen LogP contribution < -0.4 is 10.6 Å². The van der Waals surface area contributed by atoms with Crippen molar-refractivity contribution in [1.29, 1.82) is 0 Å². The first-order valence-electron chi connectivity index (χ1n) is 7.11. The molecule has 2 aromatic rings. The Labute approximate surface area is 129 Å². The van der Waals surface area contributed by atoms with Crippen molar-refractivity contribution in [2.24, 2.45) is 0 Å². The molecule has 0 aliphatic heterocycles. The third-order valence-corrected chi connectivity index (χ3v) is 3.34. The second-order valence-corrected chi connectivity index (χ2v) is 4.98. The van der Waals surface area contributed by atoms with Crippen LogP contribution in [0.15, 0.2) is 48.5 Å². The Morgan fingerprint density at radius 1 is 1.14 bits per heavy atom. The minimum absolute atomic E-state index is 0.0934. The van der Waals surface area contributed by atoms with E-state index in [-0.39, 0.29) is 24.4 Å². The van der Waals surface area contributed by atoms with Crippen molar-refractivity contribution in [2.45, 2.75) is 13.0 Å². The predicted octanol–water partition coefficient (Wildman–Crippen LogP) is 2.72. The van der Waals surface area contributed by atoms with Gasteiger partial charge in [0.25, 0.3) is 5.91 Å². The van der Waals surface area contributed by atoms with Crippen LogP contribution in [0, 0.1) is 5.82 Å². The van der Waals surface area contributed by atoms with Crippen LogP contribution in [0.4, 0.5) is 10.1 Å². The van der Waals surface area contributed by atoms with Crippen molar-refractivity contribution in [1.82, 2.24) is 5.32 Å². The summed E-state index contributed by atoms with van der Waals surface area (Å²) in [5.74, 6) is -0.649. The van der Waals surface area contributed by atoms with Crippen LogP contribution in [0.3, 0.4) is 0 Å². The summed E-state index contributed by atoms with van der Waals surface area (Å²) >= 11 is 0. The molecule has 0 aromatic heterocycles. The number of hydrogen-bond donors (Lipinski definition) is 3. The van der Waals surface area contributed by atoms with Gasteiger partial charge in [0.2, 0.25) is 0 Å². The molecule has 0 aliphatic rings. The molecule has 3 N–H and O–H groups in total. The lowest BCUT2D eigenvalue weighted by Gasteiger charge is -2.14. The molecule has 2 rings (SSSR count). The molecule has 0 aliphatic carbocycles. The largest absolute Gasteiger partial charge is 0.395 e. The zero-order valence-electron chi connectivity index (χ0n) is 12.3. The number of hydrogen-bond acceptors (Lipinski definition) is 3. The number of amides is 1. The molecular formula is C17H19FN2O2. The van der Waals surface area contributed by atoms with Crippen molar-refractivity contribution >= 4 is 11.6 Å². The molecule has 0 fully saturated rings. The highest BCUT2D eigenvalue weighted by atomic mass is 19.1. The van der Waals surface area contributed by atoms with Gasteiger partial charge in [-0.1, -0.05) is 12.1 Å². The lowest BCUT2D eigenvalue weighted by atomic mass is 10.1. The third kappa shape index (κ3) is 4.38. The van der Waals surface area contributed by atoms with E-state index in [9.17, 15) is 9.18 Å². The molecule has 2 aromatic carbocycles. The Hall–Kier alpha value is -2.24. The van der Waals surface area contributed by atoms with Crippen LogP contribution in [0.5, 0.6) is 0 Å². The summed E-state index contributed by atoms with van der Waals surface area (Å²) in [7, 11) is 0. The van der Waals surface area contributed by atoms with Gasteiger partial charge in [-0.3, -0.25) is 4.79 Å². The Kier molecular flexibility index (Phi) is 5.63. The number of carbonyl (C=O) groups is 1. The van der Waals surface area contributed by atoms with Crippen molar-refractivity contribution < 1.29 is 14.3 Å². The predicted molar refractivity (Wildman–Crippen MR) is 84.3 cm³/mol. The Morgan fingerprint density at radius 2 is 1.77 bits per heavy atom. The van der Waals surface area contributed by atoms with E-state index in [1.165, 1.54) is 24.3 Å². The second-order valence-electron chi connectivity index (χ2n) is 4.98. The van der Waals surface area contributed by atoms with Gasteiger partial charge in [-0.05, 0) is 48.9 Å². The summed E-state index contributed by atoms with van der Waals surface area (Å²) in [4.78, 5) is 12.0. The van der Waals surface area contributed by atoms with Crippen molar-refractivity contribution in [2.75, 3.05) is 18.5 Å². The van der Waals surface area contributed by atoms with Crippen molar-refractivity contribution in [3.05, 3.63) is 65.5 Å². The molecule has 0 saturated carbocycles. The number of aliphatic hydroxyl groups excluding tert-OH is 1.